The predicted molar refractivity (Wildman–Crippen MR) is 87.2 cm³/mol. The average molecular weight is 385 g/mol. The molecule has 4 rings (SSSR count). The van der Waals surface area contributed by atoms with Crippen LogP contribution in [0.1, 0.15) is 30.9 Å². The Hall–Kier alpha value is -2.45. The van der Waals surface area contributed by atoms with Crippen molar-refractivity contribution in [2.24, 2.45) is 13.0 Å². The maximum Gasteiger partial charge on any atom is 0.260 e. The first-order valence-electron chi connectivity index (χ1n) is 8.47. The van der Waals surface area contributed by atoms with Crippen LogP contribution in [0.3, 0.4) is 0 Å². The molecule has 2 saturated carbocycles. The van der Waals surface area contributed by atoms with Gasteiger partial charge in [-0.25, -0.2) is 22.0 Å². The van der Waals surface area contributed by atoms with Crippen LogP contribution in [0.2, 0.25) is 0 Å². The molecule has 0 bridgehead atoms. The molecule has 2 aliphatic carbocycles. The lowest BCUT2D eigenvalue weighted by Crippen LogP contribution is -2.34. The van der Waals surface area contributed by atoms with E-state index in [0.29, 0.717) is 16.8 Å². The number of nitrogens with zero attached hydrogens (tertiary/aromatic N) is 2. The van der Waals surface area contributed by atoms with Gasteiger partial charge in [0.15, 0.2) is 0 Å². The molecule has 1 aromatic heterocycles. The van der Waals surface area contributed by atoms with Gasteiger partial charge >= 0.3 is 0 Å². The van der Waals surface area contributed by atoms with Gasteiger partial charge in [-0.1, -0.05) is 12.1 Å². The van der Waals surface area contributed by atoms with Crippen LogP contribution < -0.4 is 5.32 Å². The number of aromatic nitrogens is 2. The van der Waals surface area contributed by atoms with Crippen molar-refractivity contribution in [2.75, 3.05) is 5.32 Å². The Kier molecular flexibility index (Phi) is 3.83. The van der Waals surface area contributed by atoms with E-state index in [0.717, 1.165) is 0 Å². The minimum Gasteiger partial charge on any atom is -0.310 e. The lowest BCUT2D eigenvalue weighted by molar-refractivity contribution is -0.119. The number of hydrogen-bond donors (Lipinski definition) is 1. The van der Waals surface area contributed by atoms with Gasteiger partial charge in [0.2, 0.25) is 11.8 Å². The van der Waals surface area contributed by atoms with Crippen LogP contribution in [0.15, 0.2) is 24.3 Å². The fourth-order valence-electron chi connectivity index (χ4n) is 3.43. The zero-order valence-electron chi connectivity index (χ0n) is 14.3. The molecule has 0 saturated heterocycles. The molecule has 2 fully saturated rings. The van der Waals surface area contributed by atoms with E-state index in [2.05, 4.69) is 10.4 Å². The van der Waals surface area contributed by atoms with Gasteiger partial charge < -0.3 is 5.32 Å². The largest absolute Gasteiger partial charge is 0.310 e. The van der Waals surface area contributed by atoms with Crippen LogP contribution in [0.25, 0.3) is 11.1 Å². The Balaban J connectivity index is 1.72. The summed E-state index contributed by atoms with van der Waals surface area (Å²) in [6.45, 7) is 0. The number of anilines is 1. The molecule has 1 amide bonds. The molecule has 1 N–H and O–H groups in total. The molecular weight excluding hydrogens is 369 g/mol. The molecular formula is C18H16F5N3O. The summed E-state index contributed by atoms with van der Waals surface area (Å²) in [5, 5.41) is 6.71. The van der Waals surface area contributed by atoms with Crippen molar-refractivity contribution >= 4 is 11.7 Å². The number of nitrogens with one attached hydrogen (secondary N) is 1. The molecule has 9 heteroatoms. The van der Waals surface area contributed by atoms with E-state index < -0.39 is 41.8 Å². The fraction of sp³-hybridized carbons (Fsp3) is 0.444. The van der Waals surface area contributed by atoms with Gasteiger partial charge in [0.1, 0.15) is 17.6 Å². The maximum atomic E-state index is 13.3. The molecule has 1 heterocycles. The highest BCUT2D eigenvalue weighted by Gasteiger charge is 2.61. The molecule has 1 aromatic carbocycles. The number of alkyl halides is 4. The highest BCUT2D eigenvalue weighted by Crippen LogP contribution is 2.52. The van der Waals surface area contributed by atoms with E-state index >= 15 is 0 Å². The Labute approximate surface area is 151 Å². The van der Waals surface area contributed by atoms with E-state index in [1.165, 1.54) is 36.0 Å². The first-order chi connectivity index (χ1) is 12.6. The molecule has 0 aliphatic heterocycles. The summed E-state index contributed by atoms with van der Waals surface area (Å²) in [7, 11) is 1.49. The van der Waals surface area contributed by atoms with E-state index in [4.69, 9.17) is 0 Å². The van der Waals surface area contributed by atoms with Crippen LogP contribution in [0, 0.1) is 11.7 Å². The first kappa shape index (κ1) is 17.9. The van der Waals surface area contributed by atoms with Gasteiger partial charge in [-0.15, -0.1) is 0 Å². The number of carbonyl (C=O) groups excluding carboxylic acids is 1. The van der Waals surface area contributed by atoms with Crippen LogP contribution in [0.5, 0.6) is 0 Å². The lowest BCUT2D eigenvalue weighted by atomic mass is 9.77. The Morgan fingerprint density at radius 2 is 1.74 bits per heavy atom. The molecule has 2 aliphatic rings. The summed E-state index contributed by atoms with van der Waals surface area (Å²) in [6.07, 6.45) is -1.29. The summed E-state index contributed by atoms with van der Waals surface area (Å²) >= 11 is 0. The minimum absolute atomic E-state index is 0.138. The third-order valence-electron chi connectivity index (χ3n) is 5.07. The summed E-state index contributed by atoms with van der Waals surface area (Å²) in [5.74, 6) is -8.94. The summed E-state index contributed by atoms with van der Waals surface area (Å²) in [4.78, 5) is 12.1. The Morgan fingerprint density at radius 3 is 2.26 bits per heavy atom. The van der Waals surface area contributed by atoms with Crippen LogP contribution in [0.4, 0.5) is 27.8 Å². The molecule has 1 atom stereocenters. The van der Waals surface area contributed by atoms with Crippen LogP contribution in [-0.4, -0.2) is 27.5 Å². The highest BCUT2D eigenvalue weighted by atomic mass is 19.3. The van der Waals surface area contributed by atoms with Gasteiger partial charge in [0.25, 0.3) is 5.92 Å². The number of benzene rings is 1. The standard InChI is InChI=1S/C18H16F5N3O/c1-26-15(24-16(27)12-8-18(12,22)23)13(9-2-4-11(19)5-3-9)14(25-26)10-6-17(20,21)7-10/h2-5,10,12H,6-8H2,1H3,(H,24,27)/t12-/m1/s1. The van der Waals surface area contributed by atoms with Crippen molar-refractivity contribution in [1.82, 2.24) is 9.78 Å². The predicted octanol–water partition coefficient (Wildman–Crippen LogP) is 4.33. The van der Waals surface area contributed by atoms with Gasteiger partial charge in [-0.05, 0) is 17.7 Å². The van der Waals surface area contributed by atoms with Crippen LogP contribution in [-0.2, 0) is 11.8 Å². The van der Waals surface area contributed by atoms with E-state index in [9.17, 15) is 26.7 Å². The van der Waals surface area contributed by atoms with E-state index in [1.807, 2.05) is 0 Å². The third kappa shape index (κ3) is 3.19. The van der Waals surface area contributed by atoms with Crippen molar-refractivity contribution in [1.29, 1.82) is 0 Å². The number of aryl methyl sites for hydroxylation is 1. The topological polar surface area (TPSA) is 46.9 Å². The van der Waals surface area contributed by atoms with Gasteiger partial charge in [-0.2, -0.15) is 5.10 Å². The Bertz CT molecular complexity index is 898. The molecule has 2 aromatic rings. The monoisotopic (exact) mass is 385 g/mol. The first-order valence-corrected chi connectivity index (χ1v) is 8.47. The van der Waals surface area contributed by atoms with Gasteiger partial charge in [0.05, 0.1) is 5.69 Å². The number of carbonyl (C=O) groups is 1. The van der Waals surface area contributed by atoms with Crippen molar-refractivity contribution in [3.8, 4) is 11.1 Å². The zero-order chi connectivity index (χ0) is 19.6. The van der Waals surface area contributed by atoms with E-state index in [1.54, 1.807) is 0 Å². The molecule has 4 nitrogen and oxygen atoms in total. The Morgan fingerprint density at radius 1 is 1.15 bits per heavy atom. The fourth-order valence-corrected chi connectivity index (χ4v) is 3.43. The third-order valence-corrected chi connectivity index (χ3v) is 5.07. The molecule has 0 unspecified atom stereocenters. The second-order valence-corrected chi connectivity index (χ2v) is 7.21. The summed E-state index contributed by atoms with van der Waals surface area (Å²) in [5.41, 5.74) is 1.16. The molecule has 0 radical (unpaired) electrons. The quantitative estimate of drug-likeness (QED) is 0.797. The second kappa shape index (κ2) is 5.77. The lowest BCUT2D eigenvalue weighted by Gasteiger charge is -2.34. The normalized spacial score (nSPS) is 23.0. The summed E-state index contributed by atoms with van der Waals surface area (Å²) < 4.78 is 67.6. The number of amides is 1. The average Bonchev–Trinajstić information content (AvgIpc) is 3.09. The van der Waals surface area contributed by atoms with Crippen molar-refractivity contribution in [3.63, 3.8) is 0 Å². The van der Waals surface area contributed by atoms with Crippen molar-refractivity contribution in [3.05, 3.63) is 35.8 Å². The number of hydrogen-bond acceptors (Lipinski definition) is 2. The highest BCUT2D eigenvalue weighted by molar-refractivity contribution is 5.98. The van der Waals surface area contributed by atoms with Gasteiger partial charge in [-0.3, -0.25) is 9.48 Å². The second-order valence-electron chi connectivity index (χ2n) is 7.21. The summed E-state index contributed by atoms with van der Waals surface area (Å²) in [6, 6.07) is 5.27. The van der Waals surface area contributed by atoms with Crippen molar-refractivity contribution < 1.29 is 26.7 Å². The molecule has 27 heavy (non-hydrogen) atoms. The SMILES string of the molecule is Cn1nc(C2CC(F)(F)C2)c(-c2ccc(F)cc2)c1NC(=O)[C@H]1CC1(F)F. The molecule has 144 valence electrons. The van der Waals surface area contributed by atoms with Gasteiger partial charge in [0, 0.05) is 37.8 Å². The van der Waals surface area contributed by atoms with Crippen LogP contribution >= 0.6 is 0 Å². The maximum absolute atomic E-state index is 13.3. The molecule has 0 spiro atoms. The number of rotatable bonds is 4. The zero-order valence-corrected chi connectivity index (χ0v) is 14.3. The van der Waals surface area contributed by atoms with Crippen molar-refractivity contribution in [2.45, 2.75) is 37.0 Å². The van der Waals surface area contributed by atoms with E-state index in [-0.39, 0.29) is 18.7 Å². The minimum atomic E-state index is -3.03. The number of halogens is 5. The smallest absolute Gasteiger partial charge is 0.260 e.